The Bertz CT molecular complexity index is 605. The molecule has 2 N–H and O–H groups in total. The largest absolute Gasteiger partial charge is 0.462 e. The highest BCUT2D eigenvalue weighted by atomic mass is 16.5. The van der Waals surface area contributed by atoms with Crippen molar-refractivity contribution >= 4 is 17.4 Å². The van der Waals surface area contributed by atoms with E-state index in [0.29, 0.717) is 12.2 Å². The molecule has 6 heteroatoms. The number of nitrogens with zero attached hydrogens (tertiary/aromatic N) is 2. The maximum Gasteiger partial charge on any atom is 0.338 e. The van der Waals surface area contributed by atoms with Gasteiger partial charge in [0.05, 0.1) is 29.3 Å². The quantitative estimate of drug-likeness (QED) is 0.497. The van der Waals surface area contributed by atoms with Crippen molar-refractivity contribution in [3.05, 3.63) is 47.8 Å². The summed E-state index contributed by atoms with van der Waals surface area (Å²) in [6, 6.07) is 8.83. The van der Waals surface area contributed by atoms with Crippen LogP contribution >= 0.6 is 0 Å². The lowest BCUT2D eigenvalue weighted by Gasteiger charge is -2.05. The molecule has 0 saturated heterocycles. The Morgan fingerprint density at radius 2 is 2.30 bits per heavy atom. The molecule has 1 aromatic carbocycles. The summed E-state index contributed by atoms with van der Waals surface area (Å²) in [5.74, 6) is -0.342. The lowest BCUT2D eigenvalue weighted by molar-refractivity contribution is 0.0526. The highest BCUT2D eigenvalue weighted by Crippen LogP contribution is 2.12. The van der Waals surface area contributed by atoms with Gasteiger partial charge in [-0.05, 0) is 38.1 Å². The number of benzene rings is 1. The van der Waals surface area contributed by atoms with Gasteiger partial charge in [0.2, 0.25) is 0 Å². The number of nitrogens with one attached hydrogen (secondary N) is 2. The molecular weight excluding hydrogens is 256 g/mol. The van der Waals surface area contributed by atoms with Gasteiger partial charge in [-0.1, -0.05) is 6.07 Å². The minimum Gasteiger partial charge on any atom is -0.462 e. The molecule has 20 heavy (non-hydrogen) atoms. The summed E-state index contributed by atoms with van der Waals surface area (Å²) in [4.78, 5) is 11.6. The molecule has 0 aliphatic rings. The van der Waals surface area contributed by atoms with Crippen LogP contribution in [0.1, 0.15) is 29.9 Å². The zero-order valence-corrected chi connectivity index (χ0v) is 11.4. The zero-order valence-electron chi connectivity index (χ0n) is 11.4. The maximum atomic E-state index is 11.6. The standard InChI is InChI=1S/C14H16N4O2/c1-3-20-14(19)11-5-4-6-12(9-11)17-16-10(2)13-7-8-15-18-13/h4-9,17H,3H2,1-2H3,(H,15,18). The third-order valence-electron chi connectivity index (χ3n) is 2.62. The van der Waals surface area contributed by atoms with E-state index in [4.69, 9.17) is 4.74 Å². The third kappa shape index (κ3) is 3.44. The fourth-order valence-electron chi connectivity index (χ4n) is 1.60. The van der Waals surface area contributed by atoms with Crippen molar-refractivity contribution in [1.82, 2.24) is 10.2 Å². The van der Waals surface area contributed by atoms with Gasteiger partial charge < -0.3 is 4.74 Å². The molecular formula is C14H16N4O2. The Hall–Kier alpha value is -2.63. The first-order chi connectivity index (χ1) is 9.70. The van der Waals surface area contributed by atoms with Crippen LogP contribution in [0.25, 0.3) is 0 Å². The van der Waals surface area contributed by atoms with Crippen molar-refractivity contribution in [1.29, 1.82) is 0 Å². The average molecular weight is 272 g/mol. The molecule has 0 aliphatic heterocycles. The molecule has 0 radical (unpaired) electrons. The number of hydrogen-bond acceptors (Lipinski definition) is 5. The Morgan fingerprint density at radius 3 is 3.00 bits per heavy atom. The fourth-order valence-corrected chi connectivity index (χ4v) is 1.60. The number of carbonyl (C=O) groups is 1. The van der Waals surface area contributed by atoms with Crippen LogP contribution in [0.5, 0.6) is 0 Å². The van der Waals surface area contributed by atoms with Gasteiger partial charge in [-0.15, -0.1) is 0 Å². The van der Waals surface area contributed by atoms with Crippen LogP contribution in [0.15, 0.2) is 41.6 Å². The van der Waals surface area contributed by atoms with Crippen LogP contribution < -0.4 is 5.43 Å². The van der Waals surface area contributed by atoms with Crippen molar-refractivity contribution in [3.63, 3.8) is 0 Å². The van der Waals surface area contributed by atoms with Gasteiger partial charge in [0.15, 0.2) is 0 Å². The van der Waals surface area contributed by atoms with Crippen molar-refractivity contribution in [2.45, 2.75) is 13.8 Å². The molecule has 6 nitrogen and oxygen atoms in total. The van der Waals surface area contributed by atoms with Crippen LogP contribution in [0, 0.1) is 0 Å². The predicted molar refractivity (Wildman–Crippen MR) is 76.8 cm³/mol. The number of anilines is 1. The number of hydrazone groups is 1. The maximum absolute atomic E-state index is 11.6. The number of aromatic amines is 1. The van der Waals surface area contributed by atoms with Gasteiger partial charge in [-0.25, -0.2) is 4.79 Å². The highest BCUT2D eigenvalue weighted by molar-refractivity contribution is 5.97. The SMILES string of the molecule is CCOC(=O)c1cccc(NN=C(C)c2ccn[nH]2)c1. The first-order valence-electron chi connectivity index (χ1n) is 6.28. The van der Waals surface area contributed by atoms with Gasteiger partial charge in [-0.2, -0.15) is 10.2 Å². The number of esters is 1. The number of carbonyl (C=O) groups excluding carboxylic acids is 1. The first kappa shape index (κ1) is 13.8. The number of rotatable bonds is 5. The Morgan fingerprint density at radius 1 is 1.45 bits per heavy atom. The lowest BCUT2D eigenvalue weighted by atomic mass is 10.2. The van der Waals surface area contributed by atoms with E-state index in [2.05, 4.69) is 20.7 Å². The highest BCUT2D eigenvalue weighted by Gasteiger charge is 2.06. The van der Waals surface area contributed by atoms with Crippen LogP contribution in [0.2, 0.25) is 0 Å². The van der Waals surface area contributed by atoms with E-state index >= 15 is 0 Å². The predicted octanol–water partition coefficient (Wildman–Crippen LogP) is 2.42. The summed E-state index contributed by atoms with van der Waals surface area (Å²) in [6.45, 7) is 3.99. The van der Waals surface area contributed by atoms with Crippen molar-refractivity contribution < 1.29 is 9.53 Å². The number of aromatic nitrogens is 2. The molecule has 0 fully saturated rings. The molecule has 0 spiro atoms. The molecule has 1 heterocycles. The lowest BCUT2D eigenvalue weighted by Crippen LogP contribution is -2.05. The summed E-state index contributed by atoms with van der Waals surface area (Å²) in [6.07, 6.45) is 1.66. The van der Waals surface area contributed by atoms with E-state index in [0.717, 1.165) is 17.1 Å². The van der Waals surface area contributed by atoms with E-state index in [-0.39, 0.29) is 5.97 Å². The first-order valence-corrected chi connectivity index (χ1v) is 6.28. The minimum atomic E-state index is -0.342. The van der Waals surface area contributed by atoms with E-state index in [1.165, 1.54) is 0 Å². The topological polar surface area (TPSA) is 79.4 Å². The van der Waals surface area contributed by atoms with E-state index < -0.39 is 0 Å². The number of H-pyrrole nitrogens is 1. The van der Waals surface area contributed by atoms with Crippen molar-refractivity contribution in [2.75, 3.05) is 12.0 Å². The second-order valence-corrected chi connectivity index (χ2v) is 4.08. The third-order valence-corrected chi connectivity index (χ3v) is 2.62. The molecule has 0 amide bonds. The minimum absolute atomic E-state index is 0.342. The molecule has 0 bridgehead atoms. The molecule has 0 aliphatic carbocycles. The second kappa shape index (κ2) is 6.51. The van der Waals surface area contributed by atoms with Gasteiger partial charge >= 0.3 is 5.97 Å². The summed E-state index contributed by atoms with van der Waals surface area (Å²) in [7, 11) is 0. The summed E-state index contributed by atoms with van der Waals surface area (Å²) in [5.41, 5.74) is 5.71. The fraction of sp³-hybridized carbons (Fsp3) is 0.214. The molecule has 2 rings (SSSR count). The summed E-state index contributed by atoms with van der Waals surface area (Å²) < 4.78 is 4.95. The van der Waals surface area contributed by atoms with Gasteiger partial charge in [-0.3, -0.25) is 10.5 Å². The van der Waals surface area contributed by atoms with E-state index in [1.54, 1.807) is 31.3 Å². The summed E-state index contributed by atoms with van der Waals surface area (Å²) in [5, 5.41) is 10.9. The normalized spacial score (nSPS) is 11.2. The molecule has 1 aromatic heterocycles. The van der Waals surface area contributed by atoms with Crippen LogP contribution in [0.4, 0.5) is 5.69 Å². The van der Waals surface area contributed by atoms with Gasteiger partial charge in [0.1, 0.15) is 0 Å². The Kier molecular flexibility index (Phi) is 4.49. The summed E-state index contributed by atoms with van der Waals surface area (Å²) >= 11 is 0. The van der Waals surface area contributed by atoms with Crippen molar-refractivity contribution in [2.24, 2.45) is 5.10 Å². The molecule has 0 saturated carbocycles. The van der Waals surface area contributed by atoms with E-state index in [9.17, 15) is 4.79 Å². The van der Waals surface area contributed by atoms with Crippen LogP contribution in [-0.2, 0) is 4.74 Å². The van der Waals surface area contributed by atoms with E-state index in [1.807, 2.05) is 19.1 Å². The second-order valence-electron chi connectivity index (χ2n) is 4.08. The van der Waals surface area contributed by atoms with Gasteiger partial charge in [0, 0.05) is 6.20 Å². The number of ether oxygens (including phenoxy) is 1. The number of hydrogen-bond donors (Lipinski definition) is 2. The van der Waals surface area contributed by atoms with Gasteiger partial charge in [0.25, 0.3) is 0 Å². The molecule has 2 aromatic rings. The monoisotopic (exact) mass is 272 g/mol. The molecule has 0 atom stereocenters. The Balaban J connectivity index is 2.08. The Labute approximate surface area is 116 Å². The zero-order chi connectivity index (χ0) is 14.4. The molecule has 0 unspecified atom stereocenters. The van der Waals surface area contributed by atoms with Crippen molar-refractivity contribution in [3.8, 4) is 0 Å². The molecule has 104 valence electrons. The van der Waals surface area contributed by atoms with Crippen LogP contribution in [0.3, 0.4) is 0 Å². The average Bonchev–Trinajstić information content (AvgIpc) is 2.99. The smallest absolute Gasteiger partial charge is 0.338 e. The van der Waals surface area contributed by atoms with Crippen LogP contribution in [-0.4, -0.2) is 28.5 Å².